The van der Waals surface area contributed by atoms with Crippen molar-refractivity contribution < 1.29 is 14.6 Å². The van der Waals surface area contributed by atoms with Crippen LogP contribution in [0.2, 0.25) is 5.32 Å². The minimum absolute atomic E-state index is 0.0582. The fourth-order valence-corrected chi connectivity index (χ4v) is 4.69. The van der Waals surface area contributed by atoms with E-state index >= 15 is 0 Å². The van der Waals surface area contributed by atoms with Gasteiger partial charge in [-0.25, -0.2) is 0 Å². The van der Waals surface area contributed by atoms with Crippen molar-refractivity contribution in [3.8, 4) is 0 Å². The van der Waals surface area contributed by atoms with E-state index in [1.165, 1.54) is 4.46 Å². The van der Waals surface area contributed by atoms with Crippen LogP contribution in [0.1, 0.15) is 39.4 Å². The van der Waals surface area contributed by atoms with E-state index in [0.29, 0.717) is 5.32 Å². The maximum atomic E-state index is 12.9. The number of hydrogen-bond acceptors (Lipinski definition) is 3. The zero-order chi connectivity index (χ0) is 18.5. The molecule has 0 fully saturated rings. The van der Waals surface area contributed by atoms with Gasteiger partial charge in [0.05, 0.1) is 0 Å². The van der Waals surface area contributed by atoms with Crippen molar-refractivity contribution in [2.24, 2.45) is 5.41 Å². The fourth-order valence-electron chi connectivity index (χ4n) is 2.40. The normalized spacial score (nSPS) is 15.2. The van der Waals surface area contributed by atoms with Gasteiger partial charge in [-0.15, -0.1) is 0 Å². The predicted octanol–water partition coefficient (Wildman–Crippen LogP) is 3.52. The van der Waals surface area contributed by atoms with Crippen molar-refractivity contribution in [1.29, 1.82) is 0 Å². The van der Waals surface area contributed by atoms with Gasteiger partial charge >= 0.3 is 156 Å². The molecule has 4 heteroatoms. The first kappa shape index (κ1) is 19.7. The van der Waals surface area contributed by atoms with Gasteiger partial charge in [0.15, 0.2) is 0 Å². The average Bonchev–Trinajstić information content (AvgIpc) is 2.59. The van der Waals surface area contributed by atoms with Crippen molar-refractivity contribution in [2.45, 2.75) is 44.7 Å². The van der Waals surface area contributed by atoms with Crippen LogP contribution in [0.25, 0.3) is 0 Å². The molecule has 2 aromatic carbocycles. The first-order valence-corrected chi connectivity index (χ1v) is 10.4. The second-order valence-electron chi connectivity index (χ2n) is 7.33. The van der Waals surface area contributed by atoms with Crippen LogP contribution in [-0.2, 0) is 9.53 Å². The Bertz CT molecular complexity index is 679. The van der Waals surface area contributed by atoms with E-state index in [2.05, 4.69) is 12.1 Å². The Balaban J connectivity index is 2.28. The quantitative estimate of drug-likeness (QED) is 0.591. The molecule has 2 rings (SSSR count). The van der Waals surface area contributed by atoms with E-state index in [0.717, 1.165) is 5.56 Å². The van der Waals surface area contributed by atoms with Crippen LogP contribution >= 0.6 is 0 Å². The molecule has 0 radical (unpaired) electrons. The summed E-state index contributed by atoms with van der Waals surface area (Å²) in [7, 11) is 0. The van der Waals surface area contributed by atoms with Gasteiger partial charge in [0, 0.05) is 0 Å². The van der Waals surface area contributed by atoms with Crippen molar-refractivity contribution in [2.75, 3.05) is 0 Å². The fraction of sp³-hybridized carbons (Fsp3) is 0.381. The molecule has 0 unspecified atom stereocenters. The van der Waals surface area contributed by atoms with Crippen molar-refractivity contribution in [1.82, 2.24) is 0 Å². The van der Waals surface area contributed by atoms with Crippen LogP contribution in [0.3, 0.4) is 0 Å². The molecule has 134 valence electrons. The molecule has 3 nitrogen and oxygen atoms in total. The third-order valence-electron chi connectivity index (χ3n) is 3.87. The predicted molar refractivity (Wildman–Crippen MR) is 102 cm³/mol. The van der Waals surface area contributed by atoms with Crippen molar-refractivity contribution in [3.05, 3.63) is 66.2 Å². The summed E-state index contributed by atoms with van der Waals surface area (Å²) in [5.41, 5.74) is -0.848. The number of esters is 1. The number of aliphatic hydroxyl groups excluding tert-OH is 1. The van der Waals surface area contributed by atoms with E-state index in [1.54, 1.807) is 0 Å². The topological polar surface area (TPSA) is 46.5 Å². The summed E-state index contributed by atoms with van der Waals surface area (Å²) < 4.78 is 6.84. The second-order valence-corrected chi connectivity index (χ2v) is 9.53. The van der Waals surface area contributed by atoms with Gasteiger partial charge in [0.1, 0.15) is 0 Å². The van der Waals surface area contributed by atoms with E-state index in [9.17, 15) is 9.90 Å². The molecule has 0 saturated carbocycles. The third-order valence-corrected chi connectivity index (χ3v) is 6.70. The first-order valence-electron chi connectivity index (χ1n) is 8.37. The molecule has 0 aliphatic heterocycles. The van der Waals surface area contributed by atoms with Crippen LogP contribution in [0.5, 0.6) is 0 Å². The Morgan fingerprint density at radius 2 is 1.52 bits per heavy atom. The van der Waals surface area contributed by atoms with Crippen molar-refractivity contribution in [3.63, 3.8) is 0 Å². The molecule has 0 aliphatic carbocycles. The van der Waals surface area contributed by atoms with Crippen LogP contribution in [-0.4, -0.2) is 31.6 Å². The first-order chi connectivity index (χ1) is 11.7. The van der Waals surface area contributed by atoms with E-state index in [1.807, 2.05) is 76.2 Å². The Kier molecular flexibility index (Phi) is 6.45. The summed E-state index contributed by atoms with van der Waals surface area (Å²) in [4.78, 5) is 12.9. The molecule has 0 amide bonds. The number of carbonyl (C=O) groups is 1. The summed E-state index contributed by atoms with van der Waals surface area (Å²) >= 11 is 0.0582. The molecule has 0 heterocycles. The number of ether oxygens (including phenoxy) is 1. The second kappa shape index (κ2) is 8.18. The van der Waals surface area contributed by atoms with Gasteiger partial charge in [-0.2, -0.15) is 0 Å². The molecule has 0 aliphatic rings. The molecule has 2 aromatic rings. The molecule has 0 bridgehead atoms. The van der Waals surface area contributed by atoms with Crippen molar-refractivity contribution >= 4 is 25.4 Å². The van der Waals surface area contributed by atoms with Gasteiger partial charge in [-0.05, 0) is 0 Å². The Labute approximate surface area is 156 Å². The van der Waals surface area contributed by atoms with Crippen LogP contribution in [0, 0.1) is 5.41 Å². The summed E-state index contributed by atoms with van der Waals surface area (Å²) in [5.74, 6) is -0.353. The monoisotopic (exact) mass is 406 g/mol. The standard InChI is InChI=1S/C21H26O3Se/c1-20(2,3)24-19(23)21(4,15-25-17-13-9-6-10-14-17)18(22)16-11-7-5-8-12-16/h5-14,18,22H,15H2,1-4H3/t18-,21+/m1/s1. The average molecular weight is 405 g/mol. The van der Waals surface area contributed by atoms with Gasteiger partial charge in [-0.3, -0.25) is 0 Å². The number of carbonyl (C=O) groups excluding carboxylic acids is 1. The Hall–Kier alpha value is -1.61. The number of rotatable bonds is 6. The molecule has 0 saturated heterocycles. The SMILES string of the molecule is CC(C)(C)OC(=O)[C@@](C)(C[Se]c1ccccc1)[C@H](O)c1ccccc1. The summed E-state index contributed by atoms with van der Waals surface area (Å²) in [6.45, 7) is 7.36. The zero-order valence-electron chi connectivity index (χ0n) is 15.2. The molecule has 2 atom stereocenters. The minimum atomic E-state index is -0.996. The van der Waals surface area contributed by atoms with E-state index < -0.39 is 17.1 Å². The van der Waals surface area contributed by atoms with E-state index in [4.69, 9.17) is 4.74 Å². The molecular weight excluding hydrogens is 379 g/mol. The zero-order valence-corrected chi connectivity index (χ0v) is 16.9. The summed E-state index contributed by atoms with van der Waals surface area (Å²) in [5, 5.41) is 11.6. The van der Waals surface area contributed by atoms with Gasteiger partial charge in [0.2, 0.25) is 0 Å². The molecule has 0 aromatic heterocycles. The summed E-state index contributed by atoms with van der Waals surface area (Å²) in [6.07, 6.45) is -0.908. The Morgan fingerprint density at radius 3 is 2.04 bits per heavy atom. The van der Waals surface area contributed by atoms with E-state index in [-0.39, 0.29) is 20.9 Å². The molecule has 1 N–H and O–H groups in total. The van der Waals surface area contributed by atoms with Gasteiger partial charge in [0.25, 0.3) is 0 Å². The third kappa shape index (κ3) is 5.43. The van der Waals surface area contributed by atoms with Crippen LogP contribution in [0.15, 0.2) is 60.7 Å². The number of aliphatic hydroxyl groups is 1. The molecular formula is C21H26O3Se. The van der Waals surface area contributed by atoms with Gasteiger partial charge < -0.3 is 0 Å². The van der Waals surface area contributed by atoms with Crippen LogP contribution < -0.4 is 4.46 Å². The number of benzene rings is 2. The number of hydrogen-bond donors (Lipinski definition) is 1. The molecule has 25 heavy (non-hydrogen) atoms. The van der Waals surface area contributed by atoms with Crippen LogP contribution in [0.4, 0.5) is 0 Å². The maximum absolute atomic E-state index is 12.9. The van der Waals surface area contributed by atoms with Gasteiger partial charge in [-0.1, -0.05) is 0 Å². The molecule has 0 spiro atoms. The summed E-state index contributed by atoms with van der Waals surface area (Å²) in [6, 6.07) is 19.4. The Morgan fingerprint density at radius 1 is 1.00 bits per heavy atom.